The van der Waals surface area contributed by atoms with Gasteiger partial charge in [-0.25, -0.2) is 0 Å². The summed E-state index contributed by atoms with van der Waals surface area (Å²) in [6.45, 7) is 6.52. The summed E-state index contributed by atoms with van der Waals surface area (Å²) >= 11 is 0. The van der Waals surface area contributed by atoms with Crippen LogP contribution in [0.3, 0.4) is 0 Å². The van der Waals surface area contributed by atoms with Crippen molar-refractivity contribution >= 4 is 11.9 Å². The Bertz CT molecular complexity index is 537. The maximum absolute atomic E-state index is 12.5. The number of rotatable bonds is 3. The van der Waals surface area contributed by atoms with Gasteiger partial charge >= 0.3 is 5.97 Å². The van der Waals surface area contributed by atoms with Crippen LogP contribution < -0.4 is 0 Å². The molecule has 1 amide bonds. The van der Waals surface area contributed by atoms with Crippen molar-refractivity contribution in [3.05, 3.63) is 29.6 Å². The summed E-state index contributed by atoms with van der Waals surface area (Å²) in [6, 6.07) is 3.59. The Morgan fingerprint density at radius 3 is 2.67 bits per heavy atom. The number of aliphatic carboxylic acids is 1. The van der Waals surface area contributed by atoms with Gasteiger partial charge in [-0.15, -0.1) is 0 Å². The molecule has 21 heavy (non-hydrogen) atoms. The van der Waals surface area contributed by atoms with E-state index in [0.717, 1.165) is 18.5 Å². The molecule has 1 aliphatic heterocycles. The fourth-order valence-corrected chi connectivity index (χ4v) is 2.70. The van der Waals surface area contributed by atoms with Crippen molar-refractivity contribution in [3.8, 4) is 0 Å². The first-order chi connectivity index (χ1) is 9.82. The molecule has 1 fully saturated rings. The van der Waals surface area contributed by atoms with Crippen molar-refractivity contribution in [1.82, 2.24) is 9.88 Å². The highest BCUT2D eigenvalue weighted by Gasteiger charge is 2.40. The third-order valence-corrected chi connectivity index (χ3v) is 4.44. The van der Waals surface area contributed by atoms with E-state index in [2.05, 4.69) is 4.98 Å². The van der Waals surface area contributed by atoms with Gasteiger partial charge in [-0.1, -0.05) is 0 Å². The molecule has 114 valence electrons. The number of carbonyl (C=O) groups excluding carboxylic acids is 1. The van der Waals surface area contributed by atoms with E-state index in [4.69, 9.17) is 0 Å². The molecule has 1 saturated heterocycles. The minimum absolute atomic E-state index is 0.0221. The number of carboxylic acids is 1. The van der Waals surface area contributed by atoms with Crippen LogP contribution in [0.4, 0.5) is 0 Å². The summed E-state index contributed by atoms with van der Waals surface area (Å²) in [4.78, 5) is 29.8. The Kier molecular flexibility index (Phi) is 4.30. The van der Waals surface area contributed by atoms with E-state index in [1.165, 1.54) is 0 Å². The molecule has 0 bridgehead atoms. The molecule has 1 aliphatic rings. The first-order valence-electron chi connectivity index (χ1n) is 7.27. The third kappa shape index (κ3) is 3.23. The molecule has 5 heteroatoms. The SMILES string of the molecule is Cc1ccc(C(=O)N2CCCC(C(C)(C)C(=O)O)C2)cn1. The van der Waals surface area contributed by atoms with Crippen LogP contribution >= 0.6 is 0 Å². The number of amides is 1. The van der Waals surface area contributed by atoms with E-state index in [0.29, 0.717) is 18.7 Å². The molecule has 5 nitrogen and oxygen atoms in total. The molecule has 0 aromatic carbocycles. The summed E-state index contributed by atoms with van der Waals surface area (Å²) in [5, 5.41) is 9.35. The van der Waals surface area contributed by atoms with E-state index in [1.54, 1.807) is 31.0 Å². The lowest BCUT2D eigenvalue weighted by molar-refractivity contribution is -0.151. The molecule has 0 saturated carbocycles. The van der Waals surface area contributed by atoms with Gasteiger partial charge < -0.3 is 10.0 Å². The summed E-state index contributed by atoms with van der Waals surface area (Å²) in [5.74, 6) is -0.890. The number of pyridine rings is 1. The Labute approximate surface area is 125 Å². The lowest BCUT2D eigenvalue weighted by Gasteiger charge is -2.39. The number of carbonyl (C=O) groups is 2. The molecular weight excluding hydrogens is 268 g/mol. The van der Waals surface area contributed by atoms with Crippen molar-refractivity contribution in [2.24, 2.45) is 11.3 Å². The van der Waals surface area contributed by atoms with Crippen LogP contribution in [0.5, 0.6) is 0 Å². The second-order valence-corrected chi connectivity index (χ2v) is 6.31. The Morgan fingerprint density at radius 2 is 2.10 bits per heavy atom. The van der Waals surface area contributed by atoms with Crippen LogP contribution in [-0.4, -0.2) is 40.0 Å². The zero-order chi connectivity index (χ0) is 15.6. The van der Waals surface area contributed by atoms with E-state index < -0.39 is 11.4 Å². The topological polar surface area (TPSA) is 70.5 Å². The van der Waals surface area contributed by atoms with Crippen LogP contribution in [0.1, 0.15) is 42.7 Å². The second-order valence-electron chi connectivity index (χ2n) is 6.31. The second kappa shape index (κ2) is 5.84. The van der Waals surface area contributed by atoms with Gasteiger partial charge in [0.1, 0.15) is 0 Å². The third-order valence-electron chi connectivity index (χ3n) is 4.44. The van der Waals surface area contributed by atoms with Gasteiger partial charge in [-0.05, 0) is 51.7 Å². The molecule has 2 rings (SSSR count). The molecule has 1 aromatic heterocycles. The Morgan fingerprint density at radius 1 is 1.38 bits per heavy atom. The van der Waals surface area contributed by atoms with E-state index in [1.807, 2.05) is 13.0 Å². The van der Waals surface area contributed by atoms with Crippen LogP contribution in [0.2, 0.25) is 0 Å². The maximum atomic E-state index is 12.5. The molecular formula is C16H22N2O3. The molecule has 0 spiro atoms. The van der Waals surface area contributed by atoms with E-state index in [9.17, 15) is 14.7 Å². The highest BCUT2D eigenvalue weighted by molar-refractivity contribution is 5.94. The lowest BCUT2D eigenvalue weighted by Crippen LogP contribution is -2.46. The lowest BCUT2D eigenvalue weighted by atomic mass is 9.74. The van der Waals surface area contributed by atoms with Gasteiger partial charge in [-0.3, -0.25) is 14.6 Å². The van der Waals surface area contributed by atoms with Crippen molar-refractivity contribution in [3.63, 3.8) is 0 Å². The first kappa shape index (κ1) is 15.5. The number of hydrogen-bond donors (Lipinski definition) is 1. The Hall–Kier alpha value is -1.91. The van der Waals surface area contributed by atoms with Gasteiger partial charge in [0.25, 0.3) is 5.91 Å². The van der Waals surface area contributed by atoms with Crippen molar-refractivity contribution in [2.75, 3.05) is 13.1 Å². The maximum Gasteiger partial charge on any atom is 0.309 e. The summed E-state index contributed by atoms with van der Waals surface area (Å²) in [5.41, 5.74) is 0.620. The number of hydrogen-bond acceptors (Lipinski definition) is 3. The quantitative estimate of drug-likeness (QED) is 0.927. The number of likely N-dealkylation sites (tertiary alicyclic amines) is 1. The molecule has 1 aromatic rings. The molecule has 2 heterocycles. The highest BCUT2D eigenvalue weighted by Crippen LogP contribution is 2.34. The summed E-state index contributed by atoms with van der Waals surface area (Å²) in [6.07, 6.45) is 3.27. The van der Waals surface area contributed by atoms with E-state index >= 15 is 0 Å². The fraction of sp³-hybridized carbons (Fsp3) is 0.562. The minimum atomic E-state index is -0.815. The van der Waals surface area contributed by atoms with Crippen LogP contribution in [0.25, 0.3) is 0 Å². The predicted octanol–water partition coefficient (Wildman–Crippen LogP) is 2.35. The summed E-state index contributed by atoms with van der Waals surface area (Å²) in [7, 11) is 0. The summed E-state index contributed by atoms with van der Waals surface area (Å²) < 4.78 is 0. The van der Waals surface area contributed by atoms with Crippen molar-refractivity contribution in [1.29, 1.82) is 0 Å². The predicted molar refractivity (Wildman–Crippen MR) is 79.0 cm³/mol. The number of aryl methyl sites for hydroxylation is 1. The number of nitrogens with zero attached hydrogens (tertiary/aromatic N) is 2. The number of carboxylic acid groups (broad SMARTS) is 1. The van der Waals surface area contributed by atoms with Crippen LogP contribution in [-0.2, 0) is 4.79 Å². The van der Waals surface area contributed by atoms with Gasteiger partial charge in [-0.2, -0.15) is 0 Å². The number of aromatic nitrogens is 1. The molecule has 0 aliphatic carbocycles. The fourth-order valence-electron chi connectivity index (χ4n) is 2.70. The van der Waals surface area contributed by atoms with Crippen LogP contribution in [0, 0.1) is 18.3 Å². The van der Waals surface area contributed by atoms with Crippen LogP contribution in [0.15, 0.2) is 18.3 Å². The zero-order valence-corrected chi connectivity index (χ0v) is 12.8. The minimum Gasteiger partial charge on any atom is -0.481 e. The molecule has 1 unspecified atom stereocenters. The largest absolute Gasteiger partial charge is 0.481 e. The Balaban J connectivity index is 2.12. The normalized spacial score (nSPS) is 19.4. The molecule has 1 atom stereocenters. The standard InChI is InChI=1S/C16H22N2O3/c1-11-6-7-12(9-17-11)14(19)18-8-4-5-13(10-18)16(2,3)15(20)21/h6-7,9,13H,4-5,8,10H2,1-3H3,(H,20,21). The molecule has 0 radical (unpaired) electrons. The van der Waals surface area contributed by atoms with Gasteiger partial charge in [0.2, 0.25) is 0 Å². The zero-order valence-electron chi connectivity index (χ0n) is 12.8. The van der Waals surface area contributed by atoms with Gasteiger partial charge in [0.15, 0.2) is 0 Å². The van der Waals surface area contributed by atoms with Crippen molar-refractivity contribution < 1.29 is 14.7 Å². The van der Waals surface area contributed by atoms with Gasteiger partial charge in [0.05, 0.1) is 11.0 Å². The van der Waals surface area contributed by atoms with Crippen molar-refractivity contribution in [2.45, 2.75) is 33.6 Å². The number of piperidine rings is 1. The average molecular weight is 290 g/mol. The average Bonchev–Trinajstić information content (AvgIpc) is 2.47. The highest BCUT2D eigenvalue weighted by atomic mass is 16.4. The monoisotopic (exact) mass is 290 g/mol. The van der Waals surface area contributed by atoms with Gasteiger partial charge in [0, 0.05) is 25.0 Å². The molecule has 1 N–H and O–H groups in total. The smallest absolute Gasteiger partial charge is 0.309 e. The van der Waals surface area contributed by atoms with E-state index in [-0.39, 0.29) is 11.8 Å². The first-order valence-corrected chi connectivity index (χ1v) is 7.27.